The molecule has 0 saturated heterocycles. The average Bonchev–Trinajstić information content (AvgIpc) is 3.31. The van der Waals surface area contributed by atoms with Gasteiger partial charge in [0, 0.05) is 22.7 Å². The first-order valence-corrected chi connectivity index (χ1v) is 9.22. The second kappa shape index (κ2) is 7.00. The summed E-state index contributed by atoms with van der Waals surface area (Å²) in [4.78, 5) is 1.46. The quantitative estimate of drug-likeness (QED) is 0.791. The number of hydrogen-bond acceptors (Lipinski definition) is 2. The predicted octanol–water partition coefficient (Wildman–Crippen LogP) is 5.00. The minimum absolute atomic E-state index is 0.802. The first-order chi connectivity index (χ1) is 9.85. The predicted molar refractivity (Wildman–Crippen MR) is 88.2 cm³/mol. The van der Waals surface area contributed by atoms with Gasteiger partial charge >= 0.3 is 0 Å². The second-order valence-electron chi connectivity index (χ2n) is 6.41. The van der Waals surface area contributed by atoms with Crippen molar-refractivity contribution in [2.24, 2.45) is 5.92 Å². The summed E-state index contributed by atoms with van der Waals surface area (Å²) in [6.45, 7) is 3.40. The van der Waals surface area contributed by atoms with E-state index < -0.39 is 0 Å². The Morgan fingerprint density at radius 1 is 1.05 bits per heavy atom. The van der Waals surface area contributed by atoms with E-state index in [4.69, 9.17) is 0 Å². The van der Waals surface area contributed by atoms with Gasteiger partial charge in [0.25, 0.3) is 0 Å². The van der Waals surface area contributed by atoms with E-state index in [-0.39, 0.29) is 0 Å². The topological polar surface area (TPSA) is 12.0 Å². The number of benzene rings is 1. The van der Waals surface area contributed by atoms with Gasteiger partial charge < -0.3 is 5.32 Å². The molecule has 1 aromatic carbocycles. The fraction of sp³-hybridized carbons (Fsp3) is 0.667. The van der Waals surface area contributed by atoms with Crippen molar-refractivity contribution in [2.45, 2.75) is 74.6 Å². The maximum Gasteiger partial charge on any atom is 0.0208 e. The molecule has 1 aromatic rings. The fourth-order valence-electron chi connectivity index (χ4n) is 3.21. The highest BCUT2D eigenvalue weighted by molar-refractivity contribution is 8.00. The Hall–Kier alpha value is -0.470. The van der Waals surface area contributed by atoms with Gasteiger partial charge in [-0.1, -0.05) is 38.3 Å². The van der Waals surface area contributed by atoms with Gasteiger partial charge in [0.15, 0.2) is 0 Å². The van der Waals surface area contributed by atoms with Crippen LogP contribution >= 0.6 is 11.8 Å². The lowest BCUT2D eigenvalue weighted by molar-refractivity contribution is 0.361. The van der Waals surface area contributed by atoms with Crippen LogP contribution in [0.3, 0.4) is 0 Å². The van der Waals surface area contributed by atoms with E-state index in [1.165, 1.54) is 55.4 Å². The van der Waals surface area contributed by atoms with Gasteiger partial charge in [-0.25, -0.2) is 0 Å². The molecule has 2 fully saturated rings. The highest BCUT2D eigenvalue weighted by Gasteiger charge is 2.24. The molecule has 0 amide bonds. The zero-order chi connectivity index (χ0) is 13.8. The van der Waals surface area contributed by atoms with Crippen LogP contribution in [0.5, 0.6) is 0 Å². The highest BCUT2D eigenvalue weighted by atomic mass is 32.2. The largest absolute Gasteiger partial charge is 0.310 e. The van der Waals surface area contributed by atoms with E-state index >= 15 is 0 Å². The molecule has 0 aromatic heterocycles. The van der Waals surface area contributed by atoms with E-state index in [0.717, 1.165) is 23.8 Å². The van der Waals surface area contributed by atoms with Gasteiger partial charge in [-0.2, -0.15) is 0 Å². The zero-order valence-corrected chi connectivity index (χ0v) is 13.4. The molecule has 2 saturated carbocycles. The van der Waals surface area contributed by atoms with Crippen LogP contribution in [0.25, 0.3) is 0 Å². The van der Waals surface area contributed by atoms with Crippen molar-refractivity contribution in [3.63, 3.8) is 0 Å². The van der Waals surface area contributed by atoms with Gasteiger partial charge in [0.1, 0.15) is 0 Å². The van der Waals surface area contributed by atoms with Crippen molar-refractivity contribution >= 4 is 11.8 Å². The third kappa shape index (κ3) is 4.02. The Balaban J connectivity index is 1.53. The van der Waals surface area contributed by atoms with Crippen LogP contribution < -0.4 is 5.32 Å². The molecule has 2 unspecified atom stereocenters. The van der Waals surface area contributed by atoms with Gasteiger partial charge in [-0.05, 0) is 49.3 Å². The summed E-state index contributed by atoms with van der Waals surface area (Å²) < 4.78 is 0. The normalized spacial score (nSPS) is 26.6. The van der Waals surface area contributed by atoms with Crippen molar-refractivity contribution in [1.82, 2.24) is 5.32 Å². The molecule has 0 heterocycles. The Morgan fingerprint density at radius 3 is 2.50 bits per heavy atom. The summed E-state index contributed by atoms with van der Waals surface area (Å²) in [6, 6.07) is 10.1. The third-order valence-corrected chi connectivity index (χ3v) is 6.21. The Labute approximate surface area is 127 Å². The molecule has 3 rings (SSSR count). The lowest BCUT2D eigenvalue weighted by atomic mass is 9.87. The number of hydrogen-bond donors (Lipinski definition) is 1. The monoisotopic (exact) mass is 289 g/mol. The van der Waals surface area contributed by atoms with Crippen LogP contribution in [0.1, 0.15) is 57.4 Å². The number of thioether (sulfide) groups is 1. The van der Waals surface area contributed by atoms with Crippen LogP contribution in [-0.4, -0.2) is 11.3 Å². The summed E-state index contributed by atoms with van der Waals surface area (Å²) in [5.41, 5.74) is 1.43. The van der Waals surface area contributed by atoms with Crippen molar-refractivity contribution in [2.75, 3.05) is 0 Å². The Kier molecular flexibility index (Phi) is 5.06. The maximum absolute atomic E-state index is 3.58. The molecule has 2 atom stereocenters. The van der Waals surface area contributed by atoms with Crippen molar-refractivity contribution in [3.8, 4) is 0 Å². The first kappa shape index (κ1) is 14.5. The molecular weight excluding hydrogens is 262 g/mol. The summed E-state index contributed by atoms with van der Waals surface area (Å²) in [5, 5.41) is 4.43. The first-order valence-electron chi connectivity index (χ1n) is 8.34. The minimum Gasteiger partial charge on any atom is -0.310 e. The molecule has 0 radical (unpaired) electrons. The SMILES string of the molecule is CCC1CCCCC1Sc1ccc(CNC2CC2)cc1. The van der Waals surface area contributed by atoms with Gasteiger partial charge in [-0.3, -0.25) is 0 Å². The minimum atomic E-state index is 0.802. The van der Waals surface area contributed by atoms with Gasteiger partial charge in [-0.15, -0.1) is 11.8 Å². The fourth-order valence-corrected chi connectivity index (χ4v) is 4.65. The van der Waals surface area contributed by atoms with Crippen molar-refractivity contribution in [1.29, 1.82) is 0 Å². The maximum atomic E-state index is 3.58. The molecular formula is C18H27NS. The molecule has 20 heavy (non-hydrogen) atoms. The molecule has 2 heteroatoms. The van der Waals surface area contributed by atoms with Gasteiger partial charge in [0.2, 0.25) is 0 Å². The summed E-state index contributed by atoms with van der Waals surface area (Å²) in [6.07, 6.45) is 9.81. The summed E-state index contributed by atoms with van der Waals surface area (Å²) in [5.74, 6) is 0.935. The molecule has 0 spiro atoms. The third-order valence-electron chi connectivity index (χ3n) is 4.75. The molecule has 110 valence electrons. The Bertz CT molecular complexity index is 410. The Morgan fingerprint density at radius 2 is 1.80 bits per heavy atom. The number of nitrogens with one attached hydrogen (secondary N) is 1. The second-order valence-corrected chi connectivity index (χ2v) is 7.72. The van der Waals surface area contributed by atoms with E-state index in [1.54, 1.807) is 0 Å². The smallest absolute Gasteiger partial charge is 0.0208 e. The molecule has 1 N–H and O–H groups in total. The number of rotatable bonds is 6. The molecule has 2 aliphatic rings. The molecule has 0 aliphatic heterocycles. The van der Waals surface area contributed by atoms with E-state index in [2.05, 4.69) is 48.3 Å². The highest BCUT2D eigenvalue weighted by Crippen LogP contribution is 2.38. The van der Waals surface area contributed by atoms with Crippen LogP contribution in [0.15, 0.2) is 29.2 Å². The van der Waals surface area contributed by atoms with Crippen LogP contribution in [0.2, 0.25) is 0 Å². The molecule has 0 bridgehead atoms. The summed E-state index contributed by atoms with van der Waals surface area (Å²) >= 11 is 2.12. The molecule has 2 aliphatic carbocycles. The molecule has 1 nitrogen and oxygen atoms in total. The van der Waals surface area contributed by atoms with Gasteiger partial charge in [0.05, 0.1) is 0 Å². The zero-order valence-electron chi connectivity index (χ0n) is 12.6. The van der Waals surface area contributed by atoms with Crippen molar-refractivity contribution in [3.05, 3.63) is 29.8 Å². The van der Waals surface area contributed by atoms with Crippen LogP contribution in [0, 0.1) is 5.92 Å². The van der Waals surface area contributed by atoms with Crippen LogP contribution in [-0.2, 0) is 6.54 Å². The van der Waals surface area contributed by atoms with E-state index in [9.17, 15) is 0 Å². The average molecular weight is 289 g/mol. The van der Waals surface area contributed by atoms with E-state index in [1.807, 2.05) is 0 Å². The lowest BCUT2D eigenvalue weighted by Gasteiger charge is -2.30. The lowest BCUT2D eigenvalue weighted by Crippen LogP contribution is -2.21. The standard InChI is InChI=1S/C18H27NS/c1-2-15-5-3-4-6-18(15)20-17-11-7-14(8-12-17)13-19-16-9-10-16/h7-8,11-12,15-16,18-19H,2-6,9-10,13H2,1H3. The van der Waals surface area contributed by atoms with Crippen molar-refractivity contribution < 1.29 is 0 Å². The summed E-state index contributed by atoms with van der Waals surface area (Å²) in [7, 11) is 0. The van der Waals surface area contributed by atoms with E-state index in [0.29, 0.717) is 0 Å². The van der Waals surface area contributed by atoms with Crippen LogP contribution in [0.4, 0.5) is 0 Å².